The highest BCUT2D eigenvalue weighted by molar-refractivity contribution is 7.98. The van der Waals surface area contributed by atoms with Crippen LogP contribution in [0.15, 0.2) is 64.9 Å². The van der Waals surface area contributed by atoms with E-state index in [2.05, 4.69) is 16.8 Å². The smallest absolute Gasteiger partial charge is 0.252 e. The van der Waals surface area contributed by atoms with Gasteiger partial charge in [0.05, 0.1) is 19.8 Å². The fraction of sp³-hybridized carbons (Fsp3) is 0.190. The van der Waals surface area contributed by atoms with E-state index < -0.39 is 0 Å². The van der Waals surface area contributed by atoms with Crippen LogP contribution in [-0.2, 0) is 12.3 Å². The molecule has 0 saturated carbocycles. The zero-order valence-corrected chi connectivity index (χ0v) is 16.9. The maximum absolute atomic E-state index is 12.7. The lowest BCUT2D eigenvalue weighted by Gasteiger charge is -2.12. The normalized spacial score (nSPS) is 10.4. The topological polar surface area (TPSA) is 47.6 Å². The highest BCUT2D eigenvalue weighted by Gasteiger charge is 2.12. The Bertz CT molecular complexity index is 894. The quantitative estimate of drug-likeness (QED) is 0.542. The molecule has 1 amide bonds. The number of benzene rings is 2. The van der Waals surface area contributed by atoms with Gasteiger partial charge >= 0.3 is 0 Å². The number of carbonyl (C=O) groups excluding carboxylic acids is 1. The summed E-state index contributed by atoms with van der Waals surface area (Å²) in [6, 6.07) is 17.5. The van der Waals surface area contributed by atoms with Gasteiger partial charge in [0.1, 0.15) is 0 Å². The Morgan fingerprint density at radius 2 is 1.85 bits per heavy atom. The molecule has 0 bridgehead atoms. The van der Waals surface area contributed by atoms with Gasteiger partial charge in [0.15, 0.2) is 11.5 Å². The predicted octanol–water partition coefficient (Wildman–Crippen LogP) is 4.99. The van der Waals surface area contributed by atoms with E-state index in [1.165, 1.54) is 4.88 Å². The van der Waals surface area contributed by atoms with E-state index >= 15 is 0 Å². The first kappa shape index (κ1) is 19.3. The molecule has 4 nitrogen and oxygen atoms in total. The Labute approximate surface area is 167 Å². The third-order valence-electron chi connectivity index (χ3n) is 3.98. The number of hydrogen-bond acceptors (Lipinski definition) is 5. The molecule has 0 radical (unpaired) electrons. The van der Waals surface area contributed by atoms with Crippen LogP contribution in [-0.4, -0.2) is 20.1 Å². The number of methoxy groups -OCH3 is 2. The molecular weight excluding hydrogens is 378 g/mol. The molecule has 140 valence electrons. The van der Waals surface area contributed by atoms with E-state index in [1.54, 1.807) is 37.3 Å². The van der Waals surface area contributed by atoms with Crippen LogP contribution in [0.3, 0.4) is 0 Å². The van der Waals surface area contributed by atoms with Gasteiger partial charge in [-0.1, -0.05) is 24.3 Å². The van der Waals surface area contributed by atoms with Crippen LogP contribution in [0.1, 0.15) is 20.8 Å². The maximum atomic E-state index is 12.7. The molecule has 0 aliphatic carbocycles. The molecule has 2 aromatic carbocycles. The summed E-state index contributed by atoms with van der Waals surface area (Å²) in [4.78, 5) is 15.0. The number of hydrogen-bond donors (Lipinski definition) is 1. The average Bonchev–Trinajstić information content (AvgIpc) is 3.24. The van der Waals surface area contributed by atoms with Crippen LogP contribution in [0.5, 0.6) is 11.5 Å². The summed E-state index contributed by atoms with van der Waals surface area (Å²) in [5.74, 6) is 2.09. The lowest BCUT2D eigenvalue weighted by atomic mass is 10.1. The SMILES string of the molecule is COc1ccc(CNC(=O)c2ccccc2SCc2cccs2)cc1OC. The third-order valence-corrected chi connectivity index (χ3v) is 6.16. The van der Waals surface area contributed by atoms with Gasteiger partial charge < -0.3 is 14.8 Å². The van der Waals surface area contributed by atoms with Gasteiger partial charge in [0.25, 0.3) is 5.91 Å². The van der Waals surface area contributed by atoms with Gasteiger partial charge in [-0.2, -0.15) is 0 Å². The Morgan fingerprint density at radius 3 is 2.59 bits per heavy atom. The van der Waals surface area contributed by atoms with E-state index in [-0.39, 0.29) is 5.91 Å². The summed E-state index contributed by atoms with van der Waals surface area (Å²) in [5.41, 5.74) is 1.64. The average molecular weight is 400 g/mol. The molecule has 0 spiro atoms. The fourth-order valence-corrected chi connectivity index (χ4v) is 4.41. The van der Waals surface area contributed by atoms with Crippen LogP contribution in [0, 0.1) is 0 Å². The summed E-state index contributed by atoms with van der Waals surface area (Å²) >= 11 is 3.41. The molecule has 6 heteroatoms. The van der Waals surface area contributed by atoms with E-state index in [4.69, 9.17) is 9.47 Å². The zero-order chi connectivity index (χ0) is 19.1. The summed E-state index contributed by atoms with van der Waals surface area (Å²) in [6.45, 7) is 0.420. The van der Waals surface area contributed by atoms with Gasteiger partial charge in [-0.05, 0) is 41.3 Å². The van der Waals surface area contributed by atoms with E-state index in [0.717, 1.165) is 16.2 Å². The molecule has 0 aliphatic rings. The monoisotopic (exact) mass is 399 g/mol. The van der Waals surface area contributed by atoms with Crippen LogP contribution in [0.2, 0.25) is 0 Å². The van der Waals surface area contributed by atoms with Crippen molar-refractivity contribution in [1.82, 2.24) is 5.32 Å². The first-order valence-corrected chi connectivity index (χ1v) is 10.3. The van der Waals surface area contributed by atoms with Gasteiger partial charge in [-0.15, -0.1) is 23.1 Å². The minimum absolute atomic E-state index is 0.0842. The van der Waals surface area contributed by atoms with Crippen LogP contribution < -0.4 is 14.8 Å². The molecule has 3 aromatic rings. The molecule has 3 rings (SSSR count). The summed E-state index contributed by atoms with van der Waals surface area (Å²) in [6.07, 6.45) is 0. The molecular formula is C21H21NO3S2. The van der Waals surface area contributed by atoms with Gasteiger partial charge in [0, 0.05) is 22.1 Å². The largest absolute Gasteiger partial charge is 0.493 e. The highest BCUT2D eigenvalue weighted by Crippen LogP contribution is 2.29. The first-order chi connectivity index (χ1) is 13.2. The number of thiophene rings is 1. The Balaban J connectivity index is 1.66. The number of carbonyl (C=O) groups is 1. The Morgan fingerprint density at radius 1 is 1.04 bits per heavy atom. The standard InChI is InChI=1S/C21H21NO3S2/c1-24-18-10-9-15(12-19(18)25-2)13-22-21(23)17-7-3-4-8-20(17)27-14-16-6-5-11-26-16/h3-12H,13-14H2,1-2H3,(H,22,23). The van der Waals surface area contributed by atoms with E-state index in [9.17, 15) is 4.79 Å². The summed E-state index contributed by atoms with van der Waals surface area (Å²) in [5, 5.41) is 5.06. The Hall–Kier alpha value is -2.44. The van der Waals surface area contributed by atoms with Crippen LogP contribution in [0.25, 0.3) is 0 Å². The number of amides is 1. The minimum Gasteiger partial charge on any atom is -0.493 e. The second kappa shape index (κ2) is 9.48. The number of rotatable bonds is 8. The van der Waals surface area contributed by atoms with Crippen molar-refractivity contribution in [2.45, 2.75) is 17.2 Å². The zero-order valence-electron chi connectivity index (χ0n) is 15.2. The Kier molecular flexibility index (Phi) is 6.79. The van der Waals surface area contributed by atoms with Gasteiger partial charge in [-0.3, -0.25) is 4.79 Å². The second-order valence-electron chi connectivity index (χ2n) is 5.74. The molecule has 0 atom stereocenters. The van der Waals surface area contributed by atoms with E-state index in [1.807, 2.05) is 48.5 Å². The second-order valence-corrected chi connectivity index (χ2v) is 7.79. The van der Waals surface area contributed by atoms with Crippen molar-refractivity contribution in [3.63, 3.8) is 0 Å². The van der Waals surface area contributed by atoms with E-state index in [0.29, 0.717) is 23.6 Å². The fourth-order valence-electron chi connectivity index (χ4n) is 2.59. The number of nitrogens with one attached hydrogen (secondary N) is 1. The molecule has 0 fully saturated rings. The summed E-state index contributed by atoms with van der Waals surface area (Å²) < 4.78 is 10.6. The number of thioether (sulfide) groups is 1. The van der Waals surface area contributed by atoms with Crippen molar-refractivity contribution in [3.8, 4) is 11.5 Å². The van der Waals surface area contributed by atoms with Crippen molar-refractivity contribution in [2.24, 2.45) is 0 Å². The highest BCUT2D eigenvalue weighted by atomic mass is 32.2. The van der Waals surface area contributed by atoms with Gasteiger partial charge in [-0.25, -0.2) is 0 Å². The lowest BCUT2D eigenvalue weighted by molar-refractivity contribution is 0.0948. The maximum Gasteiger partial charge on any atom is 0.252 e. The third kappa shape index (κ3) is 5.05. The van der Waals surface area contributed by atoms with Gasteiger partial charge in [0.2, 0.25) is 0 Å². The number of ether oxygens (including phenoxy) is 2. The van der Waals surface area contributed by atoms with Crippen molar-refractivity contribution in [3.05, 3.63) is 76.0 Å². The van der Waals surface area contributed by atoms with Crippen molar-refractivity contribution in [2.75, 3.05) is 14.2 Å². The first-order valence-electron chi connectivity index (χ1n) is 8.44. The molecule has 0 aliphatic heterocycles. The summed E-state index contributed by atoms with van der Waals surface area (Å²) in [7, 11) is 3.20. The molecule has 0 unspecified atom stereocenters. The molecule has 1 aromatic heterocycles. The molecule has 1 N–H and O–H groups in total. The van der Waals surface area contributed by atoms with Crippen LogP contribution in [0.4, 0.5) is 0 Å². The molecule has 27 heavy (non-hydrogen) atoms. The van der Waals surface area contributed by atoms with Crippen molar-refractivity contribution in [1.29, 1.82) is 0 Å². The molecule has 0 saturated heterocycles. The predicted molar refractivity (Wildman–Crippen MR) is 111 cm³/mol. The van der Waals surface area contributed by atoms with Crippen molar-refractivity contribution >= 4 is 29.0 Å². The molecule has 1 heterocycles. The lowest BCUT2D eigenvalue weighted by Crippen LogP contribution is -2.23. The van der Waals surface area contributed by atoms with Crippen LogP contribution >= 0.6 is 23.1 Å². The minimum atomic E-state index is -0.0842. The van der Waals surface area contributed by atoms with Crippen molar-refractivity contribution < 1.29 is 14.3 Å².